The lowest BCUT2D eigenvalue weighted by Crippen LogP contribution is -2.53. The molecule has 0 radical (unpaired) electrons. The van der Waals surface area contributed by atoms with E-state index in [1.54, 1.807) is 0 Å². The molecule has 7 heteroatoms. The molecule has 0 aromatic heterocycles. The molecule has 2 N–H and O–H groups in total. The average molecular weight is 283 g/mol. The largest absolute Gasteiger partial charge is 0.392 e. The second-order valence-electron chi connectivity index (χ2n) is 4.57. The van der Waals surface area contributed by atoms with Crippen molar-refractivity contribution in [2.24, 2.45) is 5.73 Å². The molecular weight excluding hydrogens is 263 g/mol. The first-order chi connectivity index (χ1) is 8.33. The van der Waals surface area contributed by atoms with Gasteiger partial charge in [-0.25, -0.2) is 0 Å². The normalized spacial score (nSPS) is 20.9. The minimum Gasteiger partial charge on any atom is -0.392 e. The predicted molar refractivity (Wildman–Crippen MR) is 69.5 cm³/mol. The molecule has 1 aliphatic rings. The molecule has 0 aromatic carbocycles. The zero-order valence-electron chi connectivity index (χ0n) is 10.5. The number of nitrogens with two attached hydrogens (primary N) is 1. The summed E-state index contributed by atoms with van der Waals surface area (Å²) in [6, 6.07) is 0.0739. The maximum atomic E-state index is 12.1. The van der Waals surface area contributed by atoms with Crippen LogP contribution in [0.15, 0.2) is 0 Å². The zero-order chi connectivity index (χ0) is 13.8. The van der Waals surface area contributed by atoms with E-state index in [-0.39, 0.29) is 12.6 Å². The Balaban J connectivity index is 2.34. The van der Waals surface area contributed by atoms with Crippen molar-refractivity contribution in [3.05, 3.63) is 0 Å². The molecule has 0 spiro atoms. The number of rotatable bonds is 5. The quantitative estimate of drug-likeness (QED) is 0.777. The monoisotopic (exact) mass is 283 g/mol. The number of nitrogens with zero attached hydrogens (tertiary/aromatic N) is 2. The maximum absolute atomic E-state index is 12.1. The van der Waals surface area contributed by atoms with Gasteiger partial charge in [0.1, 0.15) is 0 Å². The highest BCUT2D eigenvalue weighted by Crippen LogP contribution is 2.20. The Kier molecular flexibility index (Phi) is 5.81. The average Bonchev–Trinajstić information content (AvgIpc) is 2.27. The van der Waals surface area contributed by atoms with E-state index < -0.39 is 12.6 Å². The van der Waals surface area contributed by atoms with Crippen LogP contribution in [0.5, 0.6) is 0 Å². The molecule has 1 heterocycles. The van der Waals surface area contributed by atoms with Gasteiger partial charge < -0.3 is 10.6 Å². The van der Waals surface area contributed by atoms with Gasteiger partial charge in [0.15, 0.2) is 0 Å². The van der Waals surface area contributed by atoms with E-state index in [4.69, 9.17) is 18.0 Å². The first kappa shape index (κ1) is 15.7. The summed E-state index contributed by atoms with van der Waals surface area (Å²) < 4.78 is 36.3. The molecule has 1 unspecified atom stereocenters. The standard InChI is InChI=1S/C11H20F3N3S/c1-2-9(10(15)18)17-7-5-16(6-8-17)4-3-11(12,13)14/h9H,2-8H2,1H3,(H2,15,18). The smallest absolute Gasteiger partial charge is 0.390 e. The van der Waals surface area contributed by atoms with Gasteiger partial charge >= 0.3 is 6.18 Å². The van der Waals surface area contributed by atoms with E-state index >= 15 is 0 Å². The molecule has 0 saturated carbocycles. The Hall–Kier alpha value is -0.400. The first-order valence-electron chi connectivity index (χ1n) is 6.16. The van der Waals surface area contributed by atoms with Crippen LogP contribution in [0.1, 0.15) is 19.8 Å². The van der Waals surface area contributed by atoms with Crippen molar-refractivity contribution in [2.75, 3.05) is 32.7 Å². The fourth-order valence-corrected chi connectivity index (χ4v) is 2.54. The number of hydrogen-bond acceptors (Lipinski definition) is 3. The maximum Gasteiger partial charge on any atom is 0.390 e. The molecule has 106 valence electrons. The van der Waals surface area contributed by atoms with Crippen molar-refractivity contribution in [3.63, 3.8) is 0 Å². The van der Waals surface area contributed by atoms with E-state index in [0.717, 1.165) is 19.5 Å². The molecule has 0 amide bonds. The van der Waals surface area contributed by atoms with Gasteiger partial charge in [0, 0.05) is 32.7 Å². The van der Waals surface area contributed by atoms with Crippen LogP contribution in [0.2, 0.25) is 0 Å². The lowest BCUT2D eigenvalue weighted by molar-refractivity contribution is -0.138. The lowest BCUT2D eigenvalue weighted by Gasteiger charge is -2.38. The van der Waals surface area contributed by atoms with Crippen LogP contribution in [0.25, 0.3) is 0 Å². The minimum absolute atomic E-state index is 0.0739. The fraction of sp³-hybridized carbons (Fsp3) is 0.909. The van der Waals surface area contributed by atoms with E-state index in [1.807, 2.05) is 11.8 Å². The van der Waals surface area contributed by atoms with Crippen LogP contribution in [0, 0.1) is 0 Å². The van der Waals surface area contributed by atoms with Gasteiger partial charge in [0.25, 0.3) is 0 Å². The van der Waals surface area contributed by atoms with Gasteiger partial charge in [-0.1, -0.05) is 19.1 Å². The van der Waals surface area contributed by atoms with Crippen molar-refractivity contribution < 1.29 is 13.2 Å². The van der Waals surface area contributed by atoms with Crippen molar-refractivity contribution in [2.45, 2.75) is 32.0 Å². The van der Waals surface area contributed by atoms with Crippen molar-refractivity contribution in [3.8, 4) is 0 Å². The van der Waals surface area contributed by atoms with Gasteiger partial charge in [-0.15, -0.1) is 0 Å². The van der Waals surface area contributed by atoms with Gasteiger partial charge in [-0.3, -0.25) is 4.90 Å². The second-order valence-corrected chi connectivity index (χ2v) is 5.04. The van der Waals surface area contributed by atoms with Gasteiger partial charge in [0.2, 0.25) is 0 Å². The number of piperazine rings is 1. The summed E-state index contributed by atoms with van der Waals surface area (Å²) in [6.07, 6.45) is -3.96. The van der Waals surface area contributed by atoms with Gasteiger partial charge in [-0.2, -0.15) is 13.2 Å². The number of halogens is 3. The summed E-state index contributed by atoms with van der Waals surface area (Å²) in [7, 11) is 0. The van der Waals surface area contributed by atoms with Crippen LogP contribution < -0.4 is 5.73 Å². The molecule has 1 rings (SSSR count). The van der Waals surface area contributed by atoms with Crippen molar-refractivity contribution in [1.29, 1.82) is 0 Å². The van der Waals surface area contributed by atoms with E-state index in [1.165, 1.54) is 0 Å². The molecular formula is C11H20F3N3S. The second kappa shape index (κ2) is 6.68. The lowest BCUT2D eigenvalue weighted by atomic mass is 10.1. The Bertz CT molecular complexity index is 275. The summed E-state index contributed by atoms with van der Waals surface area (Å²) in [6.45, 7) is 4.85. The highest BCUT2D eigenvalue weighted by atomic mass is 32.1. The summed E-state index contributed by atoms with van der Waals surface area (Å²) in [4.78, 5) is 4.48. The summed E-state index contributed by atoms with van der Waals surface area (Å²) in [5.74, 6) is 0. The van der Waals surface area contributed by atoms with E-state index in [9.17, 15) is 13.2 Å². The molecule has 0 bridgehead atoms. The third-order valence-electron chi connectivity index (χ3n) is 3.27. The predicted octanol–water partition coefficient (Wildman–Crippen LogP) is 1.62. The third-order valence-corrected chi connectivity index (χ3v) is 3.55. The molecule has 0 aromatic rings. The van der Waals surface area contributed by atoms with Gasteiger partial charge in [0.05, 0.1) is 17.5 Å². The Labute approximate surface area is 111 Å². The molecule has 1 atom stereocenters. The molecule has 1 aliphatic heterocycles. The Morgan fingerprint density at radius 3 is 2.22 bits per heavy atom. The zero-order valence-corrected chi connectivity index (χ0v) is 11.4. The van der Waals surface area contributed by atoms with Crippen LogP contribution in [-0.4, -0.2) is 59.7 Å². The molecule has 0 aliphatic carbocycles. The summed E-state index contributed by atoms with van der Waals surface area (Å²) in [5, 5.41) is 0. The van der Waals surface area contributed by atoms with Crippen molar-refractivity contribution in [1.82, 2.24) is 9.80 Å². The first-order valence-corrected chi connectivity index (χ1v) is 6.56. The molecule has 1 saturated heterocycles. The highest BCUT2D eigenvalue weighted by Gasteiger charge is 2.29. The summed E-state index contributed by atoms with van der Waals surface area (Å²) in [5.41, 5.74) is 5.66. The fourth-order valence-electron chi connectivity index (χ4n) is 2.22. The molecule has 18 heavy (non-hydrogen) atoms. The van der Waals surface area contributed by atoms with Crippen LogP contribution in [-0.2, 0) is 0 Å². The number of alkyl halides is 3. The molecule has 1 fully saturated rings. The van der Waals surface area contributed by atoms with Crippen LogP contribution in [0.3, 0.4) is 0 Å². The number of hydrogen-bond donors (Lipinski definition) is 1. The molecule has 3 nitrogen and oxygen atoms in total. The highest BCUT2D eigenvalue weighted by molar-refractivity contribution is 7.80. The third kappa shape index (κ3) is 5.07. The number of thiocarbonyl (C=S) groups is 1. The van der Waals surface area contributed by atoms with E-state index in [0.29, 0.717) is 18.1 Å². The minimum atomic E-state index is -4.07. The van der Waals surface area contributed by atoms with E-state index in [2.05, 4.69) is 4.90 Å². The van der Waals surface area contributed by atoms with Crippen LogP contribution in [0.4, 0.5) is 13.2 Å². The van der Waals surface area contributed by atoms with Gasteiger partial charge in [-0.05, 0) is 6.42 Å². The van der Waals surface area contributed by atoms with Crippen LogP contribution >= 0.6 is 12.2 Å². The summed E-state index contributed by atoms with van der Waals surface area (Å²) >= 11 is 5.00. The topological polar surface area (TPSA) is 32.5 Å². The Morgan fingerprint density at radius 1 is 1.28 bits per heavy atom. The Morgan fingerprint density at radius 2 is 1.83 bits per heavy atom. The van der Waals surface area contributed by atoms with Crippen molar-refractivity contribution >= 4 is 17.2 Å². The SMILES string of the molecule is CCC(C(N)=S)N1CCN(CCC(F)(F)F)CC1.